The Bertz CT molecular complexity index is 363. The van der Waals surface area contributed by atoms with E-state index >= 15 is 0 Å². The number of nitrogens with two attached hydrogens (primary N) is 1. The van der Waals surface area contributed by atoms with Crippen LogP contribution in [0.1, 0.15) is 11.1 Å². The van der Waals surface area contributed by atoms with E-state index in [2.05, 4.69) is 10.5 Å². The third kappa shape index (κ3) is 4.24. The monoisotopic (exact) mass is 207 g/mol. The molecule has 0 radical (unpaired) electrons. The van der Waals surface area contributed by atoms with Crippen molar-refractivity contribution in [3.63, 3.8) is 0 Å². The van der Waals surface area contributed by atoms with Crippen LogP contribution in [0.4, 0.5) is 4.79 Å². The molecule has 0 bridgehead atoms. The lowest BCUT2D eigenvalue weighted by Crippen LogP contribution is -2.24. The number of nitrogens with zero attached hydrogens (tertiary/aromatic N) is 1. The molecule has 3 N–H and O–H groups in total. The fraction of sp³-hybridized carbons (Fsp3) is 0.200. The molecule has 0 aliphatic carbocycles. The minimum Gasteiger partial charge on any atom is -0.380 e. The van der Waals surface area contributed by atoms with Crippen molar-refractivity contribution in [1.82, 2.24) is 5.43 Å². The van der Waals surface area contributed by atoms with Gasteiger partial charge in [0.15, 0.2) is 0 Å². The Kier molecular flexibility index (Phi) is 4.30. The predicted octanol–water partition coefficient (Wildman–Crippen LogP) is 0.835. The van der Waals surface area contributed by atoms with E-state index in [0.717, 1.165) is 11.1 Å². The highest BCUT2D eigenvalue weighted by atomic mass is 16.5. The van der Waals surface area contributed by atoms with Gasteiger partial charge in [-0.05, 0) is 17.2 Å². The molecule has 0 saturated heterocycles. The summed E-state index contributed by atoms with van der Waals surface area (Å²) in [4.78, 5) is 10.3. The van der Waals surface area contributed by atoms with Crippen LogP contribution in [-0.2, 0) is 11.3 Å². The fourth-order valence-corrected chi connectivity index (χ4v) is 1.10. The topological polar surface area (TPSA) is 76.7 Å². The number of nitrogens with one attached hydrogen (secondary N) is 1. The first kappa shape index (κ1) is 11.2. The zero-order valence-electron chi connectivity index (χ0n) is 8.43. The van der Waals surface area contributed by atoms with Crippen LogP contribution < -0.4 is 11.2 Å². The molecule has 0 unspecified atom stereocenters. The SMILES string of the molecule is COCc1cccc(C=NNC(N)=O)c1. The van der Waals surface area contributed by atoms with Gasteiger partial charge in [-0.1, -0.05) is 18.2 Å². The van der Waals surface area contributed by atoms with E-state index in [1.165, 1.54) is 6.21 Å². The predicted molar refractivity (Wildman–Crippen MR) is 57.5 cm³/mol. The zero-order chi connectivity index (χ0) is 11.1. The molecule has 0 aliphatic rings. The maximum Gasteiger partial charge on any atom is 0.332 e. The van der Waals surface area contributed by atoms with E-state index < -0.39 is 6.03 Å². The smallest absolute Gasteiger partial charge is 0.332 e. The van der Waals surface area contributed by atoms with Crippen LogP contribution in [0.3, 0.4) is 0 Å². The van der Waals surface area contributed by atoms with Gasteiger partial charge in [0, 0.05) is 7.11 Å². The third-order valence-electron chi connectivity index (χ3n) is 1.65. The van der Waals surface area contributed by atoms with Crippen molar-refractivity contribution in [2.24, 2.45) is 10.8 Å². The Morgan fingerprint density at radius 2 is 2.47 bits per heavy atom. The quantitative estimate of drug-likeness (QED) is 0.566. The molecule has 0 atom stereocenters. The van der Waals surface area contributed by atoms with Gasteiger partial charge in [-0.3, -0.25) is 0 Å². The van der Waals surface area contributed by atoms with Crippen LogP contribution >= 0.6 is 0 Å². The van der Waals surface area contributed by atoms with Gasteiger partial charge in [-0.25, -0.2) is 10.2 Å². The number of hydrogen-bond acceptors (Lipinski definition) is 3. The average Bonchev–Trinajstić information content (AvgIpc) is 2.18. The number of amides is 2. The molecule has 0 heterocycles. The maximum atomic E-state index is 10.3. The first-order valence-corrected chi connectivity index (χ1v) is 4.39. The Morgan fingerprint density at radius 3 is 3.13 bits per heavy atom. The lowest BCUT2D eigenvalue weighted by molar-refractivity contribution is 0.185. The van der Waals surface area contributed by atoms with Crippen LogP contribution in [0, 0.1) is 0 Å². The first-order chi connectivity index (χ1) is 7.22. The molecule has 2 amide bonds. The minimum absolute atomic E-state index is 0.547. The number of methoxy groups -OCH3 is 1. The summed E-state index contributed by atoms with van der Waals surface area (Å²) in [7, 11) is 1.63. The molecular weight excluding hydrogens is 194 g/mol. The van der Waals surface area contributed by atoms with Gasteiger partial charge < -0.3 is 10.5 Å². The zero-order valence-corrected chi connectivity index (χ0v) is 8.43. The summed E-state index contributed by atoms with van der Waals surface area (Å²) in [5, 5.41) is 3.65. The number of hydrazone groups is 1. The van der Waals surface area contributed by atoms with E-state index in [4.69, 9.17) is 10.5 Å². The fourth-order valence-electron chi connectivity index (χ4n) is 1.10. The van der Waals surface area contributed by atoms with Crippen LogP contribution in [-0.4, -0.2) is 19.4 Å². The van der Waals surface area contributed by atoms with Crippen LogP contribution in [0.15, 0.2) is 29.4 Å². The number of urea groups is 1. The van der Waals surface area contributed by atoms with Crippen molar-refractivity contribution in [2.75, 3.05) is 7.11 Å². The number of primary amides is 1. The molecule has 1 rings (SSSR count). The second-order valence-corrected chi connectivity index (χ2v) is 2.91. The summed E-state index contributed by atoms with van der Waals surface area (Å²) in [5.74, 6) is 0. The number of carbonyl (C=O) groups excluding carboxylic acids is 1. The van der Waals surface area contributed by atoms with Crippen molar-refractivity contribution in [1.29, 1.82) is 0 Å². The highest BCUT2D eigenvalue weighted by Gasteiger charge is 1.93. The van der Waals surface area contributed by atoms with Gasteiger partial charge in [-0.15, -0.1) is 0 Å². The summed E-state index contributed by atoms with van der Waals surface area (Å²) < 4.78 is 4.99. The Morgan fingerprint density at radius 1 is 1.67 bits per heavy atom. The molecule has 1 aromatic carbocycles. The van der Waals surface area contributed by atoms with E-state index in [-0.39, 0.29) is 0 Å². The second-order valence-electron chi connectivity index (χ2n) is 2.91. The Labute approximate surface area is 87.9 Å². The lowest BCUT2D eigenvalue weighted by Gasteiger charge is -2.00. The van der Waals surface area contributed by atoms with Crippen LogP contribution in [0.5, 0.6) is 0 Å². The molecule has 1 aromatic rings. The van der Waals surface area contributed by atoms with Gasteiger partial charge in [-0.2, -0.15) is 5.10 Å². The molecule has 5 heteroatoms. The molecule has 0 aliphatic heterocycles. The van der Waals surface area contributed by atoms with Gasteiger partial charge in [0.05, 0.1) is 12.8 Å². The molecule has 5 nitrogen and oxygen atoms in total. The molecule has 0 spiro atoms. The van der Waals surface area contributed by atoms with Crippen molar-refractivity contribution in [3.05, 3.63) is 35.4 Å². The van der Waals surface area contributed by atoms with E-state index in [1.807, 2.05) is 24.3 Å². The number of carbonyl (C=O) groups is 1. The molecule has 15 heavy (non-hydrogen) atoms. The third-order valence-corrected chi connectivity index (χ3v) is 1.65. The van der Waals surface area contributed by atoms with Gasteiger partial charge in [0.1, 0.15) is 0 Å². The summed E-state index contributed by atoms with van der Waals surface area (Å²) in [6, 6.07) is 6.93. The number of ether oxygens (including phenoxy) is 1. The summed E-state index contributed by atoms with van der Waals surface area (Å²) >= 11 is 0. The van der Waals surface area contributed by atoms with Gasteiger partial charge >= 0.3 is 6.03 Å². The van der Waals surface area contributed by atoms with E-state index in [1.54, 1.807) is 7.11 Å². The molecule has 0 aromatic heterocycles. The summed E-state index contributed by atoms with van der Waals surface area (Å²) in [6.07, 6.45) is 1.52. The van der Waals surface area contributed by atoms with Crippen LogP contribution in [0.2, 0.25) is 0 Å². The van der Waals surface area contributed by atoms with Gasteiger partial charge in [0.2, 0.25) is 0 Å². The summed E-state index contributed by atoms with van der Waals surface area (Å²) in [5.41, 5.74) is 8.89. The molecule has 0 fully saturated rings. The lowest BCUT2D eigenvalue weighted by atomic mass is 10.1. The first-order valence-electron chi connectivity index (χ1n) is 4.39. The highest BCUT2D eigenvalue weighted by molar-refractivity contribution is 5.81. The van der Waals surface area contributed by atoms with Crippen molar-refractivity contribution in [2.45, 2.75) is 6.61 Å². The van der Waals surface area contributed by atoms with E-state index in [0.29, 0.717) is 6.61 Å². The minimum atomic E-state index is -0.681. The normalized spacial score (nSPS) is 10.5. The maximum absolute atomic E-state index is 10.3. The largest absolute Gasteiger partial charge is 0.380 e. The standard InChI is InChI=1S/C10H13N3O2/c1-15-7-9-4-2-3-8(5-9)6-12-13-10(11)14/h2-6H,7H2,1H3,(H3,11,13,14). The van der Waals surface area contributed by atoms with Crippen molar-refractivity contribution >= 4 is 12.2 Å². The Balaban J connectivity index is 2.64. The van der Waals surface area contributed by atoms with Crippen molar-refractivity contribution < 1.29 is 9.53 Å². The molecule has 80 valence electrons. The average molecular weight is 207 g/mol. The number of hydrogen-bond donors (Lipinski definition) is 2. The molecule has 0 saturated carbocycles. The second kappa shape index (κ2) is 5.77. The molecular formula is C10H13N3O2. The van der Waals surface area contributed by atoms with Crippen molar-refractivity contribution in [3.8, 4) is 0 Å². The number of benzene rings is 1. The van der Waals surface area contributed by atoms with Gasteiger partial charge in [0.25, 0.3) is 0 Å². The highest BCUT2D eigenvalue weighted by Crippen LogP contribution is 2.04. The summed E-state index contributed by atoms with van der Waals surface area (Å²) in [6.45, 7) is 0.547. The Hall–Kier alpha value is -1.88. The van der Waals surface area contributed by atoms with Crippen LogP contribution in [0.25, 0.3) is 0 Å². The van der Waals surface area contributed by atoms with E-state index in [9.17, 15) is 4.79 Å². The number of rotatable bonds is 4.